The van der Waals surface area contributed by atoms with Crippen molar-refractivity contribution in [3.05, 3.63) is 58.3 Å². The lowest BCUT2D eigenvalue weighted by molar-refractivity contribution is -0.133. The third-order valence-corrected chi connectivity index (χ3v) is 7.40. The van der Waals surface area contributed by atoms with E-state index in [0.29, 0.717) is 5.75 Å². The lowest BCUT2D eigenvalue weighted by Gasteiger charge is -2.31. The highest BCUT2D eigenvalue weighted by Gasteiger charge is 2.33. The highest BCUT2D eigenvalue weighted by atomic mass is 16.5. The van der Waals surface area contributed by atoms with E-state index in [4.69, 9.17) is 4.74 Å². The number of amides is 5. The van der Waals surface area contributed by atoms with E-state index in [2.05, 4.69) is 31.2 Å². The number of aromatic nitrogens is 2. The topological polar surface area (TPSA) is 192 Å². The molecule has 4 atom stereocenters. The van der Waals surface area contributed by atoms with Crippen LogP contribution in [0.1, 0.15) is 57.1 Å². The van der Waals surface area contributed by atoms with E-state index >= 15 is 0 Å². The number of carbonyl (C=O) groups excluding carboxylic acids is 5. The van der Waals surface area contributed by atoms with Crippen LogP contribution < -0.4 is 31.6 Å². The predicted octanol–water partition coefficient (Wildman–Crippen LogP) is 0.138. The molecule has 5 amide bonds. The number of nitrogens with zero attached hydrogens (tertiary/aromatic N) is 2. The van der Waals surface area contributed by atoms with Crippen LogP contribution in [0.5, 0.6) is 5.75 Å². The van der Waals surface area contributed by atoms with Gasteiger partial charge in [-0.05, 0) is 42.9 Å². The van der Waals surface area contributed by atoms with Gasteiger partial charge in [0.1, 0.15) is 29.6 Å². The standard InChI is InChI=1S/C31H43N7O7/c1-17(2)11-22-30(43)36-23(12-20-7-9-21(45-6)10-8-20)29(42)33-19(5)28(41)37-25(18(3)4)15-38(16-27(40)34-22)31(44)24-13-32-14-26(39)35-24/h7-10,13-14,17-19,22-23,25H,11-12,15-16H2,1-6H3,(H,33,42)(H,34,40)(H,35,39)(H,36,43)(H,37,41)/t19-,22+,23+,25-/m1/s1. The Morgan fingerprint density at radius 2 is 1.58 bits per heavy atom. The molecule has 0 unspecified atom stereocenters. The first-order chi connectivity index (χ1) is 21.3. The smallest absolute Gasteiger partial charge is 0.272 e. The molecule has 244 valence electrons. The lowest BCUT2D eigenvalue weighted by atomic mass is 10.0. The van der Waals surface area contributed by atoms with Gasteiger partial charge in [0.15, 0.2) is 0 Å². The molecule has 1 saturated heterocycles. The van der Waals surface area contributed by atoms with Crippen molar-refractivity contribution >= 4 is 29.5 Å². The van der Waals surface area contributed by atoms with Crippen molar-refractivity contribution in [3.63, 3.8) is 0 Å². The number of hydrogen-bond donors (Lipinski definition) is 5. The first-order valence-corrected chi connectivity index (χ1v) is 14.9. The molecule has 5 N–H and O–H groups in total. The number of methoxy groups -OCH3 is 1. The van der Waals surface area contributed by atoms with Crippen LogP contribution in [0.15, 0.2) is 41.5 Å². The maximum absolute atomic E-state index is 13.6. The second kappa shape index (κ2) is 15.8. The van der Waals surface area contributed by atoms with Gasteiger partial charge in [0.2, 0.25) is 23.6 Å². The Balaban J connectivity index is 2.00. The van der Waals surface area contributed by atoms with Crippen molar-refractivity contribution in [1.29, 1.82) is 0 Å². The molecule has 14 heteroatoms. The van der Waals surface area contributed by atoms with Gasteiger partial charge in [-0.1, -0.05) is 39.8 Å². The number of rotatable bonds is 7. The predicted molar refractivity (Wildman–Crippen MR) is 165 cm³/mol. The van der Waals surface area contributed by atoms with Crippen LogP contribution in [0.25, 0.3) is 0 Å². The van der Waals surface area contributed by atoms with E-state index in [9.17, 15) is 28.8 Å². The maximum Gasteiger partial charge on any atom is 0.272 e. The van der Waals surface area contributed by atoms with Crippen LogP contribution in [0, 0.1) is 11.8 Å². The van der Waals surface area contributed by atoms with Crippen molar-refractivity contribution in [2.24, 2.45) is 11.8 Å². The third kappa shape index (κ3) is 10.2. The van der Waals surface area contributed by atoms with Gasteiger partial charge in [0.05, 0.1) is 26.0 Å². The summed E-state index contributed by atoms with van der Waals surface area (Å²) in [5.74, 6) is -2.59. The van der Waals surface area contributed by atoms with E-state index < -0.39 is 65.8 Å². The van der Waals surface area contributed by atoms with Crippen LogP contribution in [0.2, 0.25) is 0 Å². The zero-order valence-electron chi connectivity index (χ0n) is 26.5. The van der Waals surface area contributed by atoms with Gasteiger partial charge in [-0.15, -0.1) is 0 Å². The molecule has 1 aliphatic heterocycles. The van der Waals surface area contributed by atoms with E-state index in [1.807, 2.05) is 27.7 Å². The fraction of sp³-hybridized carbons (Fsp3) is 0.516. The zero-order valence-corrected chi connectivity index (χ0v) is 26.5. The molecular formula is C31H43N7O7. The van der Waals surface area contributed by atoms with Crippen LogP contribution >= 0.6 is 0 Å². The maximum atomic E-state index is 13.6. The number of hydrogen-bond acceptors (Lipinski definition) is 8. The Labute approximate surface area is 262 Å². The highest BCUT2D eigenvalue weighted by Crippen LogP contribution is 2.14. The molecule has 0 radical (unpaired) electrons. The minimum atomic E-state index is -1.07. The van der Waals surface area contributed by atoms with Gasteiger partial charge < -0.3 is 35.9 Å². The molecule has 1 fully saturated rings. The second-order valence-corrected chi connectivity index (χ2v) is 11.9. The molecule has 2 heterocycles. The van der Waals surface area contributed by atoms with Gasteiger partial charge in [0.25, 0.3) is 11.5 Å². The summed E-state index contributed by atoms with van der Waals surface area (Å²) in [5, 5.41) is 11.1. The second-order valence-electron chi connectivity index (χ2n) is 11.9. The number of carbonyl (C=O) groups is 5. The molecule has 45 heavy (non-hydrogen) atoms. The first kappa shape index (κ1) is 34.7. The molecular weight excluding hydrogens is 582 g/mol. The summed E-state index contributed by atoms with van der Waals surface area (Å²) in [7, 11) is 1.54. The summed E-state index contributed by atoms with van der Waals surface area (Å²) in [6, 6.07) is 3.28. The molecule has 0 bridgehead atoms. The number of H-pyrrole nitrogens is 1. The van der Waals surface area contributed by atoms with Crippen LogP contribution in [-0.2, 0) is 25.6 Å². The summed E-state index contributed by atoms with van der Waals surface area (Å²) in [4.78, 5) is 86.6. The van der Waals surface area contributed by atoms with E-state index in [-0.39, 0.29) is 36.9 Å². The van der Waals surface area contributed by atoms with Gasteiger partial charge in [0, 0.05) is 19.0 Å². The van der Waals surface area contributed by atoms with Crippen LogP contribution in [0.3, 0.4) is 0 Å². The van der Waals surface area contributed by atoms with Crippen molar-refractivity contribution in [1.82, 2.24) is 36.1 Å². The molecule has 0 saturated carbocycles. The Morgan fingerprint density at radius 1 is 0.911 bits per heavy atom. The molecule has 1 aromatic carbocycles. The van der Waals surface area contributed by atoms with Gasteiger partial charge in [-0.2, -0.15) is 0 Å². The molecule has 14 nitrogen and oxygen atoms in total. The van der Waals surface area contributed by atoms with Gasteiger partial charge in [-0.25, -0.2) is 0 Å². The monoisotopic (exact) mass is 625 g/mol. The zero-order chi connectivity index (χ0) is 33.3. The first-order valence-electron chi connectivity index (χ1n) is 14.9. The quantitative estimate of drug-likeness (QED) is 0.287. The minimum Gasteiger partial charge on any atom is -0.497 e. The molecule has 0 aliphatic carbocycles. The molecule has 0 spiro atoms. The van der Waals surface area contributed by atoms with Crippen LogP contribution in [-0.4, -0.2) is 88.8 Å². The summed E-state index contributed by atoms with van der Waals surface area (Å²) < 4.78 is 5.21. The Kier molecular flexibility index (Phi) is 12.2. The fourth-order valence-electron chi connectivity index (χ4n) is 4.82. The normalized spacial score (nSPS) is 22.1. The average Bonchev–Trinajstić information content (AvgIpc) is 2.98. The molecule has 3 rings (SSSR count). The summed E-state index contributed by atoms with van der Waals surface area (Å²) in [5.41, 5.74) is -0.00139. The van der Waals surface area contributed by atoms with Gasteiger partial charge in [-0.3, -0.25) is 33.8 Å². The number of nitrogens with one attached hydrogen (secondary N) is 5. The highest BCUT2D eigenvalue weighted by molar-refractivity contribution is 5.97. The van der Waals surface area contributed by atoms with Crippen molar-refractivity contribution in [2.75, 3.05) is 20.2 Å². The van der Waals surface area contributed by atoms with Crippen molar-refractivity contribution in [3.8, 4) is 5.75 Å². The minimum absolute atomic E-state index is 0.0117. The average molecular weight is 626 g/mol. The summed E-state index contributed by atoms with van der Waals surface area (Å²) >= 11 is 0. The molecule has 1 aromatic heterocycles. The summed E-state index contributed by atoms with van der Waals surface area (Å²) in [6.07, 6.45) is 2.55. The molecule has 1 aliphatic rings. The van der Waals surface area contributed by atoms with E-state index in [1.54, 1.807) is 24.3 Å². The molecule has 2 aromatic rings. The van der Waals surface area contributed by atoms with Gasteiger partial charge >= 0.3 is 0 Å². The fourth-order valence-corrected chi connectivity index (χ4v) is 4.82. The SMILES string of the molecule is COc1ccc(C[C@@H]2NC(=O)[C@H](CC(C)C)NC(=O)CN(C(=O)c3cncc(=O)[nH]3)C[C@H](C(C)C)NC(=O)[C@@H](C)NC2=O)cc1. The Hall–Kier alpha value is -4.75. The third-order valence-electron chi connectivity index (χ3n) is 7.40. The van der Waals surface area contributed by atoms with E-state index in [1.165, 1.54) is 25.1 Å². The number of benzene rings is 1. The van der Waals surface area contributed by atoms with Crippen LogP contribution in [0.4, 0.5) is 0 Å². The number of ether oxygens (including phenoxy) is 1. The van der Waals surface area contributed by atoms with E-state index in [0.717, 1.165) is 11.8 Å². The van der Waals surface area contributed by atoms with Crippen molar-refractivity contribution in [2.45, 2.75) is 71.6 Å². The Morgan fingerprint density at radius 3 is 2.18 bits per heavy atom. The summed E-state index contributed by atoms with van der Waals surface area (Å²) in [6.45, 7) is 8.39. The number of aromatic amines is 1. The largest absolute Gasteiger partial charge is 0.497 e. The van der Waals surface area contributed by atoms with Crippen molar-refractivity contribution < 1.29 is 28.7 Å². The Bertz CT molecular complexity index is 1420. The lowest BCUT2D eigenvalue weighted by Crippen LogP contribution is -2.57.